The van der Waals surface area contributed by atoms with E-state index in [2.05, 4.69) is 9.47 Å². The van der Waals surface area contributed by atoms with E-state index >= 15 is 0 Å². The van der Waals surface area contributed by atoms with E-state index in [1.165, 1.54) is 31.4 Å². The van der Waals surface area contributed by atoms with E-state index in [-0.39, 0.29) is 69.3 Å². The van der Waals surface area contributed by atoms with Crippen molar-refractivity contribution in [2.45, 2.75) is 4.90 Å². The molecule has 0 aliphatic carbocycles. The molecule has 0 aliphatic rings. The van der Waals surface area contributed by atoms with Crippen LogP contribution in [-0.4, -0.2) is 39.1 Å². The Kier molecular flexibility index (Phi) is 6.90. The van der Waals surface area contributed by atoms with Gasteiger partial charge in [0.1, 0.15) is 4.90 Å². The van der Waals surface area contributed by atoms with Crippen molar-refractivity contribution in [3.8, 4) is 0 Å². The number of ether oxygens (including phenoxy) is 2. The van der Waals surface area contributed by atoms with E-state index in [9.17, 15) is 22.6 Å². The van der Waals surface area contributed by atoms with Crippen LogP contribution in [0.3, 0.4) is 0 Å². The van der Waals surface area contributed by atoms with Crippen molar-refractivity contribution < 1.29 is 84.8 Å². The third-order valence-electron chi connectivity index (χ3n) is 3.04. The van der Waals surface area contributed by atoms with E-state index in [1.54, 1.807) is 0 Å². The summed E-state index contributed by atoms with van der Waals surface area (Å²) in [6.45, 7) is 0. The van der Waals surface area contributed by atoms with Crippen LogP contribution >= 0.6 is 0 Å². The Morgan fingerprint density at radius 2 is 1.57 bits per heavy atom. The van der Waals surface area contributed by atoms with Crippen LogP contribution < -0.4 is 51.4 Å². The number of benzene rings is 2. The van der Waals surface area contributed by atoms with Gasteiger partial charge < -0.3 is 10.9 Å². The third-order valence-corrected chi connectivity index (χ3v) is 3.93. The minimum atomic E-state index is -4.60. The van der Waals surface area contributed by atoms with Gasteiger partial charge in [-0.05, 0) is 29.7 Å². The largest absolute Gasteiger partial charge is 1.00 e. The number of carbonyl (C=O) groups is 2. The summed E-state index contributed by atoms with van der Waals surface area (Å²) in [7, 11) is -2.26. The van der Waals surface area contributed by atoms with Crippen molar-refractivity contribution in [1.29, 1.82) is 0 Å². The molecule has 0 amide bonds. The van der Waals surface area contributed by atoms with Crippen molar-refractivity contribution in [2.75, 3.05) is 14.2 Å². The molecule has 2 rings (SSSR count). The van der Waals surface area contributed by atoms with Gasteiger partial charge in [0.2, 0.25) is 0 Å². The molecule has 0 aliphatic heterocycles. The Morgan fingerprint density at radius 3 is 2.09 bits per heavy atom. The standard InChI is InChI=1S/C14H12O7S.K.H/c1-20-13(15)9-4-3-8-5-10(14(16)21-2)7-12(11(8)6-9)22(17,18)19;;/h3-7H,1-2H3,(H,17,18,19);;/q;+1;-1. The zero-order valence-electron chi connectivity index (χ0n) is 13.7. The van der Waals surface area contributed by atoms with E-state index < -0.39 is 27.0 Å². The summed E-state index contributed by atoms with van der Waals surface area (Å²) in [4.78, 5) is 22.6. The van der Waals surface area contributed by atoms with Crippen molar-refractivity contribution in [2.24, 2.45) is 0 Å². The summed E-state index contributed by atoms with van der Waals surface area (Å²) in [5.74, 6) is -1.40. The van der Waals surface area contributed by atoms with Gasteiger partial charge in [0, 0.05) is 5.39 Å². The molecular weight excluding hydrogens is 351 g/mol. The molecule has 0 heterocycles. The van der Waals surface area contributed by atoms with Crippen LogP contribution in [0.5, 0.6) is 0 Å². The molecule has 0 saturated carbocycles. The molecule has 2 aromatic rings. The fourth-order valence-corrected chi connectivity index (χ4v) is 2.75. The van der Waals surface area contributed by atoms with Crippen LogP contribution in [0.25, 0.3) is 10.8 Å². The summed E-state index contributed by atoms with van der Waals surface area (Å²) in [5, 5.41) is 0.446. The van der Waals surface area contributed by atoms with Crippen molar-refractivity contribution in [3.63, 3.8) is 0 Å². The van der Waals surface area contributed by atoms with Crippen molar-refractivity contribution >= 4 is 32.8 Å². The topological polar surface area (TPSA) is 107 Å². The van der Waals surface area contributed by atoms with Crippen molar-refractivity contribution in [3.05, 3.63) is 41.5 Å². The molecule has 9 heteroatoms. The van der Waals surface area contributed by atoms with Gasteiger partial charge in [0.25, 0.3) is 10.1 Å². The Balaban J connectivity index is 0.00000264. The number of rotatable bonds is 3. The van der Waals surface area contributed by atoms with E-state index in [4.69, 9.17) is 0 Å². The molecule has 0 aromatic heterocycles. The van der Waals surface area contributed by atoms with E-state index in [0.717, 1.165) is 13.2 Å². The van der Waals surface area contributed by atoms with Gasteiger partial charge in [-0.3, -0.25) is 4.55 Å². The first-order valence-electron chi connectivity index (χ1n) is 6.00. The van der Waals surface area contributed by atoms with Crippen molar-refractivity contribution in [1.82, 2.24) is 0 Å². The predicted molar refractivity (Wildman–Crippen MR) is 77.6 cm³/mol. The molecule has 0 saturated heterocycles. The third kappa shape index (κ3) is 4.38. The average Bonchev–Trinajstić information content (AvgIpc) is 2.50. The van der Waals surface area contributed by atoms with Crippen LogP contribution in [0.4, 0.5) is 0 Å². The smallest absolute Gasteiger partial charge is 1.00 e. The maximum atomic E-state index is 11.6. The predicted octanol–water partition coefficient (Wildman–Crippen LogP) is -1.22. The fourth-order valence-electron chi connectivity index (χ4n) is 2.02. The summed E-state index contributed by atoms with van der Waals surface area (Å²) < 4.78 is 41.6. The Morgan fingerprint density at radius 1 is 1.00 bits per heavy atom. The molecule has 7 nitrogen and oxygen atoms in total. The first-order chi connectivity index (χ1) is 10.3. The number of hydrogen-bond donors (Lipinski definition) is 1. The molecule has 0 atom stereocenters. The van der Waals surface area contributed by atoms with Gasteiger partial charge in [-0.15, -0.1) is 0 Å². The van der Waals surface area contributed by atoms with Crippen LogP contribution in [0.15, 0.2) is 35.2 Å². The molecule has 0 spiro atoms. The maximum absolute atomic E-state index is 11.6. The Labute approximate surface area is 176 Å². The van der Waals surface area contributed by atoms with E-state index in [1.807, 2.05) is 0 Å². The average molecular weight is 364 g/mol. The second kappa shape index (κ2) is 7.84. The zero-order valence-corrected chi connectivity index (χ0v) is 16.6. The molecule has 23 heavy (non-hydrogen) atoms. The van der Waals surface area contributed by atoms with Gasteiger partial charge in [0.15, 0.2) is 0 Å². The molecule has 0 bridgehead atoms. The second-order valence-corrected chi connectivity index (χ2v) is 5.76. The first-order valence-corrected chi connectivity index (χ1v) is 7.44. The minimum absolute atomic E-state index is 0. The Bertz CT molecular complexity index is 880. The first kappa shape index (κ1) is 20.2. The molecule has 0 unspecified atom stereocenters. The quantitative estimate of drug-likeness (QED) is 0.413. The van der Waals surface area contributed by atoms with Crippen LogP contribution in [0.1, 0.15) is 22.1 Å². The number of methoxy groups -OCH3 is 2. The van der Waals surface area contributed by atoms with Gasteiger partial charge in [-0.1, -0.05) is 6.07 Å². The summed E-state index contributed by atoms with van der Waals surface area (Å²) in [6.07, 6.45) is 0. The molecule has 118 valence electrons. The number of hydrogen-bond acceptors (Lipinski definition) is 6. The van der Waals surface area contributed by atoms with Crippen LogP contribution in [-0.2, 0) is 19.6 Å². The summed E-state index contributed by atoms with van der Waals surface area (Å²) >= 11 is 0. The zero-order chi connectivity index (χ0) is 16.5. The van der Waals surface area contributed by atoms with E-state index in [0.29, 0.717) is 5.39 Å². The van der Waals surface area contributed by atoms with Gasteiger partial charge in [-0.2, -0.15) is 8.42 Å². The summed E-state index contributed by atoms with van der Waals surface area (Å²) in [6, 6.07) is 6.53. The second-order valence-electron chi connectivity index (χ2n) is 4.37. The Hall–Kier alpha value is -0.814. The number of carbonyl (C=O) groups excluding carboxylic acids is 2. The number of fused-ring (bicyclic) bond motifs is 1. The molecular formula is C14H13KO7S. The fraction of sp³-hybridized carbons (Fsp3) is 0.143. The van der Waals surface area contributed by atoms with Crippen LogP contribution in [0.2, 0.25) is 0 Å². The molecule has 1 N–H and O–H groups in total. The molecule has 2 aromatic carbocycles. The maximum Gasteiger partial charge on any atom is 1.00 e. The van der Waals surface area contributed by atoms with Gasteiger partial charge >= 0.3 is 63.3 Å². The van der Waals surface area contributed by atoms with Gasteiger partial charge in [0.05, 0.1) is 25.3 Å². The van der Waals surface area contributed by atoms with Gasteiger partial charge in [-0.25, -0.2) is 9.59 Å². The van der Waals surface area contributed by atoms with Crippen LogP contribution in [0, 0.1) is 0 Å². The SMILES string of the molecule is COC(=O)c1cc(S(=O)(=O)O)c2cc(C(=O)OC)ccc2c1.[H-].[K+]. The monoisotopic (exact) mass is 364 g/mol. The molecule has 0 radical (unpaired) electrons. The minimum Gasteiger partial charge on any atom is -1.00 e. The molecule has 0 fully saturated rings. The number of esters is 2. The normalized spacial score (nSPS) is 10.7. The summed E-state index contributed by atoms with van der Waals surface area (Å²) in [5.41, 5.74) is 0.0826.